The molecule has 0 radical (unpaired) electrons. The van der Waals surface area contributed by atoms with Crippen molar-refractivity contribution in [2.24, 2.45) is 5.73 Å². The molecule has 2 aliphatic rings. The van der Waals surface area contributed by atoms with Gasteiger partial charge in [-0.05, 0) is 33.1 Å². The molecule has 3 N–H and O–H groups in total. The smallest absolute Gasteiger partial charge is 0.245 e. The second-order valence-corrected chi connectivity index (χ2v) is 7.30. The fourth-order valence-corrected chi connectivity index (χ4v) is 3.70. The predicted molar refractivity (Wildman–Crippen MR) is 97.1 cm³/mol. The lowest BCUT2D eigenvalue weighted by molar-refractivity contribution is -0.136. The van der Waals surface area contributed by atoms with Crippen LogP contribution in [0.2, 0.25) is 5.82 Å². The molecule has 8 heteroatoms. The Kier molecular flexibility index (Phi) is 6.03. The Morgan fingerprint density at radius 2 is 2.00 bits per heavy atom. The highest BCUT2D eigenvalue weighted by Gasteiger charge is 2.37. The van der Waals surface area contributed by atoms with E-state index in [4.69, 9.17) is 18.0 Å². The first kappa shape index (κ1) is 18.2. The quantitative estimate of drug-likeness (QED) is 0.523. The van der Waals surface area contributed by atoms with Crippen LogP contribution in [0.1, 0.15) is 33.1 Å². The van der Waals surface area contributed by atoms with Crippen LogP contribution in [0.3, 0.4) is 0 Å². The highest BCUT2D eigenvalue weighted by Crippen LogP contribution is 2.26. The Bertz CT molecular complexity index is 488. The van der Waals surface area contributed by atoms with Crippen molar-refractivity contribution in [2.45, 2.75) is 57.1 Å². The van der Waals surface area contributed by atoms with Gasteiger partial charge in [-0.15, -0.1) is 0 Å². The van der Waals surface area contributed by atoms with Crippen LogP contribution in [-0.4, -0.2) is 72.2 Å². The molecule has 0 saturated carbocycles. The van der Waals surface area contributed by atoms with E-state index in [1.807, 2.05) is 4.90 Å². The number of thiocarbonyl (C=S) groups is 1. The monoisotopic (exact) mass is 338 g/mol. The van der Waals surface area contributed by atoms with Gasteiger partial charge >= 0.3 is 0 Å². The van der Waals surface area contributed by atoms with Crippen molar-refractivity contribution >= 4 is 36.9 Å². The van der Waals surface area contributed by atoms with Crippen LogP contribution in [0, 0.1) is 0 Å². The molecule has 6 nitrogen and oxygen atoms in total. The Balaban J connectivity index is 1.98. The molecule has 0 aromatic carbocycles. The van der Waals surface area contributed by atoms with Crippen LogP contribution in [-0.2, 0) is 9.59 Å². The summed E-state index contributed by atoms with van der Waals surface area (Å²) >= 11 is 5.66. The van der Waals surface area contributed by atoms with Crippen LogP contribution in [0.4, 0.5) is 0 Å². The topological polar surface area (TPSA) is 78.7 Å². The summed E-state index contributed by atoms with van der Waals surface area (Å²) in [6.07, 6.45) is 3.01. The predicted octanol–water partition coefficient (Wildman–Crippen LogP) is -0.716. The third-order valence-electron chi connectivity index (χ3n) is 4.70. The van der Waals surface area contributed by atoms with Crippen LogP contribution in [0.15, 0.2) is 0 Å². The molecule has 0 unspecified atom stereocenters. The number of nitrogens with two attached hydrogens (primary N) is 1. The number of carbonyl (C=O) groups is 2. The molecule has 0 bridgehead atoms. The van der Waals surface area contributed by atoms with Gasteiger partial charge in [-0.3, -0.25) is 9.59 Å². The van der Waals surface area contributed by atoms with Crippen LogP contribution >= 0.6 is 12.2 Å². The first-order valence-corrected chi connectivity index (χ1v) is 8.87. The van der Waals surface area contributed by atoms with Crippen molar-refractivity contribution in [3.05, 3.63) is 0 Å². The van der Waals surface area contributed by atoms with Crippen LogP contribution in [0.5, 0.6) is 0 Å². The van der Waals surface area contributed by atoms with Gasteiger partial charge in [0.1, 0.15) is 18.9 Å². The maximum atomic E-state index is 12.7. The van der Waals surface area contributed by atoms with Gasteiger partial charge in [0, 0.05) is 19.6 Å². The lowest BCUT2D eigenvalue weighted by Crippen LogP contribution is -2.54. The molecule has 0 spiro atoms. The summed E-state index contributed by atoms with van der Waals surface area (Å²) in [5.74, 6) is 0.274. The molecule has 0 aromatic heterocycles. The largest absolute Gasteiger partial charge is 0.365 e. The fraction of sp³-hybridized carbons (Fsp3) is 0.800. The third-order valence-corrected chi connectivity index (χ3v) is 5.23. The maximum Gasteiger partial charge on any atom is 0.245 e. The highest BCUT2D eigenvalue weighted by atomic mass is 32.1. The van der Waals surface area contributed by atoms with Crippen molar-refractivity contribution < 1.29 is 9.59 Å². The zero-order valence-electron chi connectivity index (χ0n) is 14.2. The number of hydrogen-bond acceptors (Lipinski definition) is 4. The summed E-state index contributed by atoms with van der Waals surface area (Å²) < 4.78 is 0. The Morgan fingerprint density at radius 3 is 2.57 bits per heavy atom. The number of amides is 2. The molecule has 128 valence electrons. The Labute approximate surface area is 144 Å². The minimum atomic E-state index is -0.619. The number of nitrogens with zero attached hydrogens (tertiary/aromatic N) is 2. The van der Waals surface area contributed by atoms with Gasteiger partial charge in [-0.2, -0.15) is 0 Å². The van der Waals surface area contributed by atoms with E-state index >= 15 is 0 Å². The molecular formula is C15H27BN4O2S. The van der Waals surface area contributed by atoms with E-state index in [2.05, 4.69) is 18.1 Å². The summed E-state index contributed by atoms with van der Waals surface area (Å²) in [6.45, 7) is 5.98. The van der Waals surface area contributed by atoms with Gasteiger partial charge in [0.05, 0.1) is 12.1 Å². The van der Waals surface area contributed by atoms with Crippen molar-refractivity contribution in [2.75, 3.05) is 19.6 Å². The van der Waals surface area contributed by atoms with E-state index in [-0.39, 0.29) is 17.9 Å². The second-order valence-electron chi connectivity index (χ2n) is 6.89. The molecule has 2 rings (SSSR count). The van der Waals surface area contributed by atoms with Gasteiger partial charge in [-0.1, -0.05) is 18.0 Å². The van der Waals surface area contributed by atoms with E-state index in [1.54, 1.807) is 13.8 Å². The minimum absolute atomic E-state index is 0.0162. The lowest BCUT2D eigenvalue weighted by atomic mass is 9.87. The number of nitrogens with one attached hydrogen (secondary N) is 1. The fourth-order valence-electron chi connectivity index (χ4n) is 3.29. The summed E-state index contributed by atoms with van der Waals surface area (Å²) in [6, 6.07) is -1.21. The number of likely N-dealkylation sites (tertiary alicyclic amines) is 2. The average Bonchev–Trinajstić information content (AvgIpc) is 3.14. The first-order chi connectivity index (χ1) is 10.8. The third kappa shape index (κ3) is 4.23. The highest BCUT2D eigenvalue weighted by molar-refractivity contribution is 7.80. The molecule has 0 aromatic rings. The van der Waals surface area contributed by atoms with Crippen molar-refractivity contribution in [1.29, 1.82) is 0 Å². The molecule has 0 aliphatic carbocycles. The molecule has 2 heterocycles. The Hall–Kier alpha value is -1.15. The Morgan fingerprint density at radius 1 is 1.30 bits per heavy atom. The number of carbonyl (C=O) groups excluding carboxylic acids is 2. The molecule has 2 amide bonds. The molecule has 2 fully saturated rings. The van der Waals surface area contributed by atoms with Gasteiger partial charge in [-0.25, -0.2) is 0 Å². The molecular weight excluding hydrogens is 311 g/mol. The first-order valence-electron chi connectivity index (χ1n) is 8.46. The average molecular weight is 338 g/mol. The van der Waals surface area contributed by atoms with Crippen molar-refractivity contribution in [3.63, 3.8) is 0 Å². The van der Waals surface area contributed by atoms with E-state index in [0.29, 0.717) is 12.4 Å². The van der Waals surface area contributed by atoms with Gasteiger partial charge in [0.25, 0.3) is 0 Å². The van der Waals surface area contributed by atoms with Crippen molar-refractivity contribution in [1.82, 2.24) is 15.1 Å². The summed E-state index contributed by atoms with van der Waals surface area (Å²) in [7, 11) is 2.23. The number of rotatable bonds is 4. The van der Waals surface area contributed by atoms with Gasteiger partial charge < -0.3 is 20.9 Å². The molecule has 4 atom stereocenters. The zero-order chi connectivity index (χ0) is 17.1. The van der Waals surface area contributed by atoms with Crippen LogP contribution < -0.4 is 11.1 Å². The van der Waals surface area contributed by atoms with Gasteiger partial charge in [0.15, 0.2) is 0 Å². The zero-order valence-corrected chi connectivity index (χ0v) is 15.1. The maximum absolute atomic E-state index is 12.7. The summed E-state index contributed by atoms with van der Waals surface area (Å²) in [4.78, 5) is 29.3. The number of hydrogen-bond donors (Lipinski definition) is 2. The molecule has 23 heavy (non-hydrogen) atoms. The normalized spacial score (nSPS) is 26.9. The lowest BCUT2D eigenvalue weighted by Gasteiger charge is -2.32. The summed E-state index contributed by atoms with van der Waals surface area (Å²) in [5.41, 5.74) is 5.54. The molecule has 2 saturated heterocycles. The standard InChI is InChI=1S/C15H27BN4O2S/c1-9(17)13(21)18-10(2)14(22)20-6-3-4-12(20)15(23)19-7-5-11(16)8-19/h9-12H,3-8,16-17H2,1-2H3,(H,18,21)/t9-,10-,11+,12-/m0/s1. The molecule has 2 aliphatic heterocycles. The van der Waals surface area contributed by atoms with Crippen molar-refractivity contribution in [3.8, 4) is 0 Å². The second kappa shape index (κ2) is 7.62. The van der Waals surface area contributed by atoms with E-state index in [9.17, 15) is 9.59 Å². The van der Waals surface area contributed by atoms with Crippen LogP contribution in [0.25, 0.3) is 0 Å². The summed E-state index contributed by atoms with van der Waals surface area (Å²) in [5, 5.41) is 2.68. The van der Waals surface area contributed by atoms with E-state index in [1.165, 1.54) is 0 Å². The van der Waals surface area contributed by atoms with E-state index < -0.39 is 12.1 Å². The van der Waals surface area contributed by atoms with E-state index in [0.717, 1.165) is 37.3 Å². The SMILES string of the molecule is B[C@@H]1CCN(C(=S)[C@@H]2CCCN2C(=O)[C@H](C)NC(=O)[C@H](C)N)C1. The minimum Gasteiger partial charge on any atom is -0.365 e. The van der Waals surface area contributed by atoms with Gasteiger partial charge in [0.2, 0.25) is 11.8 Å².